The van der Waals surface area contributed by atoms with Gasteiger partial charge < -0.3 is 29.6 Å². The minimum absolute atomic E-state index is 0.257. The Kier molecular flexibility index (Phi) is 9.54. The molecule has 1 aromatic heterocycles. The van der Waals surface area contributed by atoms with Crippen molar-refractivity contribution in [3.05, 3.63) is 64.5 Å². The molecule has 0 aliphatic heterocycles. The van der Waals surface area contributed by atoms with Gasteiger partial charge in [-0.2, -0.15) is 0 Å². The van der Waals surface area contributed by atoms with Crippen LogP contribution in [0, 0.1) is 0 Å². The Bertz CT molecular complexity index is 1680. The Balaban J connectivity index is 1.67. The summed E-state index contributed by atoms with van der Waals surface area (Å²) in [5, 5.41) is 6.53. The zero-order valence-corrected chi connectivity index (χ0v) is 27.4. The highest BCUT2D eigenvalue weighted by atomic mass is 32.3. The molecular formula is C31H37N3O8S2. The highest BCUT2D eigenvalue weighted by Gasteiger charge is 2.24. The number of rotatable bonds is 10. The molecule has 4 rings (SSSR count). The molecule has 5 N–H and O–H groups in total. The number of anilines is 3. The largest absolute Gasteiger partial charge is 0.493 e. The summed E-state index contributed by atoms with van der Waals surface area (Å²) < 4.78 is 45.4. The van der Waals surface area contributed by atoms with Crippen LogP contribution in [0.2, 0.25) is 0 Å². The van der Waals surface area contributed by atoms with Gasteiger partial charge in [0.25, 0.3) is 11.8 Å². The molecule has 0 aliphatic carbocycles. The van der Waals surface area contributed by atoms with Gasteiger partial charge in [0.1, 0.15) is 0 Å². The first-order valence-corrected chi connectivity index (χ1v) is 16.1. The number of ether oxygens (including phenoxy) is 4. The second kappa shape index (κ2) is 12.8. The first kappa shape index (κ1) is 32.7. The average molecular weight is 644 g/mol. The summed E-state index contributed by atoms with van der Waals surface area (Å²) in [5.74, 6) is 0.521. The summed E-state index contributed by atoms with van der Waals surface area (Å²) in [6.45, 7) is 6.02. The maximum Gasteiger partial charge on any atom is 0.265 e. The first-order valence-electron chi connectivity index (χ1n) is 13.4. The highest BCUT2D eigenvalue weighted by Crippen LogP contribution is 2.45. The van der Waals surface area contributed by atoms with Gasteiger partial charge in [0, 0.05) is 27.6 Å². The third-order valence-corrected chi connectivity index (χ3v) is 8.38. The lowest BCUT2D eigenvalue weighted by atomic mass is 9.86. The van der Waals surface area contributed by atoms with Gasteiger partial charge in [0.2, 0.25) is 5.75 Å². The molecule has 11 nitrogen and oxygen atoms in total. The van der Waals surface area contributed by atoms with Crippen LogP contribution in [-0.4, -0.2) is 55.6 Å². The van der Waals surface area contributed by atoms with Crippen molar-refractivity contribution in [3.63, 3.8) is 0 Å². The Morgan fingerprint density at radius 3 is 1.91 bits per heavy atom. The van der Waals surface area contributed by atoms with Gasteiger partial charge in [-0.25, -0.2) is 0 Å². The number of hydrogen-bond acceptors (Lipinski definition) is 10. The summed E-state index contributed by atoms with van der Waals surface area (Å²) in [6, 6.07) is 13.8. The van der Waals surface area contributed by atoms with E-state index in [0.717, 1.165) is 10.3 Å². The van der Waals surface area contributed by atoms with E-state index in [0.29, 0.717) is 50.1 Å². The number of benzene rings is 3. The van der Waals surface area contributed by atoms with Gasteiger partial charge >= 0.3 is 0 Å². The third-order valence-electron chi connectivity index (χ3n) is 6.67. The van der Waals surface area contributed by atoms with Crippen molar-refractivity contribution < 1.29 is 37.6 Å². The lowest BCUT2D eigenvalue weighted by Crippen LogP contribution is -2.17. The zero-order valence-electron chi connectivity index (χ0n) is 25.8. The lowest BCUT2D eigenvalue weighted by Gasteiger charge is -2.31. The van der Waals surface area contributed by atoms with Crippen LogP contribution >= 0.6 is 22.1 Å². The molecule has 236 valence electrons. The SMILES string of the molecule is COc1cc(C(=O)Nc2cccc3sc(C(=O)Nc4cc(C(C)(C)C)cc(NS(C)(O)O)c4OC)cc23)cc(OC)c1OC. The smallest absolute Gasteiger partial charge is 0.265 e. The van der Waals surface area contributed by atoms with Crippen LogP contribution in [0.25, 0.3) is 10.1 Å². The van der Waals surface area contributed by atoms with Crippen LogP contribution in [0.1, 0.15) is 46.4 Å². The van der Waals surface area contributed by atoms with Crippen molar-refractivity contribution in [3.8, 4) is 23.0 Å². The van der Waals surface area contributed by atoms with Crippen LogP contribution in [0.3, 0.4) is 0 Å². The molecular weight excluding hydrogens is 606 g/mol. The topological polar surface area (TPSA) is 148 Å². The summed E-state index contributed by atoms with van der Waals surface area (Å²) in [6.07, 6.45) is 1.27. The fourth-order valence-corrected chi connectivity index (χ4v) is 6.08. The summed E-state index contributed by atoms with van der Waals surface area (Å²) in [7, 11) is 2.74. The fourth-order valence-electron chi connectivity index (χ4n) is 4.53. The molecule has 13 heteroatoms. The Labute approximate surface area is 262 Å². The van der Waals surface area contributed by atoms with Crippen molar-refractivity contribution in [1.82, 2.24) is 0 Å². The van der Waals surface area contributed by atoms with E-state index in [2.05, 4.69) is 15.4 Å². The molecule has 0 aliphatic rings. The van der Waals surface area contributed by atoms with E-state index in [1.165, 1.54) is 46.0 Å². The molecule has 0 spiro atoms. The average Bonchev–Trinajstić information content (AvgIpc) is 3.40. The van der Waals surface area contributed by atoms with Gasteiger partial charge in [0.05, 0.1) is 44.7 Å². The maximum atomic E-state index is 13.6. The molecule has 0 unspecified atom stereocenters. The monoisotopic (exact) mass is 643 g/mol. The summed E-state index contributed by atoms with van der Waals surface area (Å²) in [4.78, 5) is 27.3. The second-order valence-electron chi connectivity index (χ2n) is 10.9. The predicted octanol–water partition coefficient (Wildman–Crippen LogP) is 7.45. The van der Waals surface area contributed by atoms with E-state index in [-0.39, 0.29) is 11.2 Å². The predicted molar refractivity (Wildman–Crippen MR) is 178 cm³/mol. The van der Waals surface area contributed by atoms with Crippen molar-refractivity contribution in [1.29, 1.82) is 0 Å². The van der Waals surface area contributed by atoms with E-state index in [1.807, 2.05) is 26.8 Å². The highest BCUT2D eigenvalue weighted by molar-refractivity contribution is 8.24. The molecule has 0 radical (unpaired) electrons. The Hall–Kier alpha value is -4.17. The molecule has 0 bridgehead atoms. The number of methoxy groups -OCH3 is 4. The van der Waals surface area contributed by atoms with Gasteiger partial charge in [-0.15, -0.1) is 22.1 Å². The molecule has 1 heterocycles. The lowest BCUT2D eigenvalue weighted by molar-refractivity contribution is 0.102. The molecule has 0 saturated carbocycles. The minimum Gasteiger partial charge on any atom is -0.493 e. The molecule has 2 amide bonds. The van der Waals surface area contributed by atoms with Crippen LogP contribution in [0.15, 0.2) is 48.5 Å². The van der Waals surface area contributed by atoms with Gasteiger partial charge in [-0.3, -0.25) is 23.4 Å². The zero-order chi connectivity index (χ0) is 32.4. The first-order chi connectivity index (χ1) is 20.7. The number of carbonyl (C=O) groups excluding carboxylic acids is 2. The molecule has 0 fully saturated rings. The number of fused-ring (bicyclic) bond motifs is 1. The Morgan fingerprint density at radius 2 is 1.36 bits per heavy atom. The van der Waals surface area contributed by atoms with Crippen LogP contribution in [0.5, 0.6) is 23.0 Å². The van der Waals surface area contributed by atoms with E-state index >= 15 is 0 Å². The number of hydrogen-bond donors (Lipinski definition) is 5. The van der Waals surface area contributed by atoms with Gasteiger partial charge in [-0.05, 0) is 53.4 Å². The van der Waals surface area contributed by atoms with Crippen LogP contribution in [-0.2, 0) is 5.41 Å². The van der Waals surface area contributed by atoms with E-state index in [1.54, 1.807) is 42.5 Å². The van der Waals surface area contributed by atoms with E-state index < -0.39 is 22.6 Å². The van der Waals surface area contributed by atoms with Crippen molar-refractivity contribution in [2.24, 2.45) is 0 Å². The molecule has 44 heavy (non-hydrogen) atoms. The number of amides is 2. The fraction of sp³-hybridized carbons (Fsp3) is 0.290. The second-order valence-corrected chi connectivity index (χ2v) is 13.9. The van der Waals surface area contributed by atoms with Gasteiger partial charge in [0.15, 0.2) is 17.2 Å². The van der Waals surface area contributed by atoms with Crippen molar-refractivity contribution in [2.45, 2.75) is 26.2 Å². The quantitative estimate of drug-likeness (QED) is 0.119. The van der Waals surface area contributed by atoms with Crippen molar-refractivity contribution >= 4 is 61.1 Å². The standard InChI is InChI=1S/C31H37N3O8S2/c1-31(2,3)18-14-21(27(41-6)22(15-18)34-44(8,37)38)33-30(36)26-16-19-20(10-9-11-25(19)43-26)32-29(35)17-12-23(39-4)28(42-7)24(13-17)40-5/h9-16,34,37-38H,1-8H3,(H,32,35)(H,33,36). The van der Waals surface area contributed by atoms with Gasteiger partial charge in [-0.1, -0.05) is 26.8 Å². The number of thiophene rings is 1. The molecule has 0 atom stereocenters. The third kappa shape index (κ3) is 7.13. The van der Waals surface area contributed by atoms with Crippen molar-refractivity contribution in [2.75, 3.05) is 50.1 Å². The molecule has 3 aromatic carbocycles. The summed E-state index contributed by atoms with van der Waals surface area (Å²) >= 11 is 1.26. The Morgan fingerprint density at radius 1 is 0.773 bits per heavy atom. The normalized spacial score (nSPS) is 12.0. The van der Waals surface area contributed by atoms with Crippen LogP contribution < -0.4 is 34.3 Å². The number of carbonyl (C=O) groups is 2. The number of nitrogens with one attached hydrogen (secondary N) is 3. The summed E-state index contributed by atoms with van der Waals surface area (Å²) in [5.41, 5.74) is 2.04. The molecule has 4 aromatic rings. The maximum absolute atomic E-state index is 13.6. The minimum atomic E-state index is -3.13. The van der Waals surface area contributed by atoms with E-state index in [4.69, 9.17) is 18.9 Å². The van der Waals surface area contributed by atoms with Crippen LogP contribution in [0.4, 0.5) is 17.1 Å². The van der Waals surface area contributed by atoms with E-state index in [9.17, 15) is 18.7 Å². The molecule has 0 saturated heterocycles.